The Kier molecular flexibility index (Phi) is 4.04. The second-order valence-corrected chi connectivity index (χ2v) is 4.33. The summed E-state index contributed by atoms with van der Waals surface area (Å²) in [5.41, 5.74) is 0.265. The fourth-order valence-electron chi connectivity index (χ4n) is 1.62. The Labute approximate surface area is 121 Å². The monoisotopic (exact) mass is 317 g/mol. The number of aromatic carboxylic acids is 1. The SMILES string of the molecule is O=C(O)c1cc(Cl)nc(-c2cccc(OC(F)(F)F)c2)c1. The molecule has 110 valence electrons. The zero-order valence-corrected chi connectivity index (χ0v) is 10.9. The molecule has 0 saturated carbocycles. The van der Waals surface area contributed by atoms with Crippen LogP contribution in [0.1, 0.15) is 10.4 Å². The number of aromatic nitrogens is 1. The van der Waals surface area contributed by atoms with Gasteiger partial charge in [0.05, 0.1) is 11.3 Å². The Bertz CT molecular complexity index is 689. The number of carbonyl (C=O) groups is 1. The van der Waals surface area contributed by atoms with Crippen LogP contribution in [0.25, 0.3) is 11.3 Å². The van der Waals surface area contributed by atoms with Crippen LogP contribution in [0.3, 0.4) is 0 Å². The third-order valence-electron chi connectivity index (χ3n) is 2.40. The van der Waals surface area contributed by atoms with Crippen molar-refractivity contribution in [2.75, 3.05) is 0 Å². The van der Waals surface area contributed by atoms with Gasteiger partial charge in [0.1, 0.15) is 10.9 Å². The number of carboxylic acids is 1. The van der Waals surface area contributed by atoms with Crippen LogP contribution in [0.5, 0.6) is 5.75 Å². The van der Waals surface area contributed by atoms with E-state index in [0.717, 1.165) is 18.2 Å². The van der Waals surface area contributed by atoms with Gasteiger partial charge in [0.15, 0.2) is 0 Å². The molecular formula is C13H7ClF3NO3. The van der Waals surface area contributed by atoms with E-state index in [0.29, 0.717) is 0 Å². The van der Waals surface area contributed by atoms with Crippen LogP contribution >= 0.6 is 11.6 Å². The van der Waals surface area contributed by atoms with Crippen LogP contribution in [0.4, 0.5) is 13.2 Å². The lowest BCUT2D eigenvalue weighted by Crippen LogP contribution is -2.17. The van der Waals surface area contributed by atoms with Crippen LogP contribution in [0.2, 0.25) is 5.15 Å². The normalized spacial score (nSPS) is 11.2. The molecule has 0 spiro atoms. The number of benzene rings is 1. The lowest BCUT2D eigenvalue weighted by Gasteiger charge is -2.10. The van der Waals surface area contributed by atoms with Gasteiger partial charge in [-0.3, -0.25) is 0 Å². The summed E-state index contributed by atoms with van der Waals surface area (Å²) >= 11 is 5.70. The largest absolute Gasteiger partial charge is 0.573 e. The van der Waals surface area contributed by atoms with E-state index in [1.807, 2.05) is 0 Å². The van der Waals surface area contributed by atoms with Gasteiger partial charge in [-0.2, -0.15) is 0 Å². The summed E-state index contributed by atoms with van der Waals surface area (Å²) < 4.78 is 40.3. The molecule has 0 bridgehead atoms. The number of ether oxygens (including phenoxy) is 1. The molecule has 0 aliphatic rings. The summed E-state index contributed by atoms with van der Waals surface area (Å²) in [6.45, 7) is 0. The Balaban J connectivity index is 2.42. The van der Waals surface area contributed by atoms with Crippen LogP contribution in [0.15, 0.2) is 36.4 Å². The van der Waals surface area contributed by atoms with E-state index in [2.05, 4.69) is 9.72 Å². The van der Waals surface area contributed by atoms with Gasteiger partial charge < -0.3 is 9.84 Å². The van der Waals surface area contributed by atoms with E-state index in [9.17, 15) is 18.0 Å². The number of nitrogens with zero attached hydrogens (tertiary/aromatic N) is 1. The number of pyridine rings is 1. The molecule has 1 N–H and O–H groups in total. The molecule has 0 aliphatic heterocycles. The molecule has 0 saturated heterocycles. The van der Waals surface area contributed by atoms with Crippen molar-refractivity contribution < 1.29 is 27.8 Å². The Morgan fingerprint density at radius 1 is 1.24 bits per heavy atom. The van der Waals surface area contributed by atoms with Gasteiger partial charge >= 0.3 is 12.3 Å². The van der Waals surface area contributed by atoms with Gasteiger partial charge in [-0.1, -0.05) is 23.7 Å². The zero-order valence-electron chi connectivity index (χ0n) is 10.2. The second kappa shape index (κ2) is 5.61. The number of carboxylic acid groups (broad SMARTS) is 1. The van der Waals surface area contributed by atoms with Crippen molar-refractivity contribution in [2.45, 2.75) is 6.36 Å². The fraction of sp³-hybridized carbons (Fsp3) is 0.0769. The molecule has 0 aliphatic carbocycles. The minimum atomic E-state index is -4.81. The summed E-state index contributed by atoms with van der Waals surface area (Å²) in [4.78, 5) is 14.8. The van der Waals surface area contributed by atoms with Crippen LogP contribution < -0.4 is 4.74 Å². The molecule has 1 aromatic heterocycles. The van der Waals surface area contributed by atoms with E-state index in [4.69, 9.17) is 16.7 Å². The summed E-state index contributed by atoms with van der Waals surface area (Å²) in [5, 5.41) is 8.85. The van der Waals surface area contributed by atoms with Crippen molar-refractivity contribution in [3.63, 3.8) is 0 Å². The first kappa shape index (κ1) is 15.1. The molecule has 0 fully saturated rings. The highest BCUT2D eigenvalue weighted by molar-refractivity contribution is 6.29. The number of halogens is 4. The topological polar surface area (TPSA) is 59.4 Å². The van der Waals surface area contributed by atoms with Gasteiger partial charge in [0.2, 0.25) is 0 Å². The predicted octanol–water partition coefficient (Wildman–Crippen LogP) is 4.00. The Morgan fingerprint density at radius 2 is 1.95 bits per heavy atom. The molecule has 1 heterocycles. The number of alkyl halides is 3. The first-order chi connectivity index (χ1) is 9.74. The maximum absolute atomic E-state index is 12.2. The van der Waals surface area contributed by atoms with Crippen molar-refractivity contribution in [3.05, 3.63) is 47.1 Å². The van der Waals surface area contributed by atoms with Crippen molar-refractivity contribution in [1.29, 1.82) is 0 Å². The zero-order chi connectivity index (χ0) is 15.6. The van der Waals surface area contributed by atoms with Crippen molar-refractivity contribution in [1.82, 2.24) is 4.98 Å². The van der Waals surface area contributed by atoms with E-state index in [1.165, 1.54) is 18.2 Å². The second-order valence-electron chi connectivity index (χ2n) is 3.94. The van der Waals surface area contributed by atoms with Crippen LogP contribution in [-0.2, 0) is 0 Å². The molecular weight excluding hydrogens is 311 g/mol. The van der Waals surface area contributed by atoms with Crippen molar-refractivity contribution >= 4 is 17.6 Å². The maximum atomic E-state index is 12.2. The lowest BCUT2D eigenvalue weighted by atomic mass is 10.1. The highest BCUT2D eigenvalue weighted by atomic mass is 35.5. The third kappa shape index (κ3) is 4.09. The maximum Gasteiger partial charge on any atom is 0.573 e. The number of hydrogen-bond acceptors (Lipinski definition) is 3. The summed E-state index contributed by atoms with van der Waals surface area (Å²) in [6, 6.07) is 7.37. The average molecular weight is 318 g/mol. The Hall–Kier alpha value is -2.28. The molecule has 0 unspecified atom stereocenters. The fourth-order valence-corrected chi connectivity index (χ4v) is 1.83. The summed E-state index contributed by atoms with van der Waals surface area (Å²) in [5.74, 6) is -1.65. The van der Waals surface area contributed by atoms with Gasteiger partial charge in [-0.25, -0.2) is 9.78 Å². The van der Waals surface area contributed by atoms with Crippen molar-refractivity contribution in [2.24, 2.45) is 0 Å². The number of hydrogen-bond donors (Lipinski definition) is 1. The highest BCUT2D eigenvalue weighted by Gasteiger charge is 2.31. The van der Waals surface area contributed by atoms with Gasteiger partial charge in [0, 0.05) is 5.56 Å². The molecule has 0 atom stereocenters. The summed E-state index contributed by atoms with van der Waals surface area (Å²) in [6.07, 6.45) is -4.81. The molecule has 2 rings (SSSR count). The quantitative estimate of drug-likeness (QED) is 0.869. The standard InChI is InChI=1S/C13H7ClF3NO3/c14-11-6-8(12(19)20)5-10(18-11)7-2-1-3-9(4-7)21-13(15,16)17/h1-6H,(H,19,20). The number of rotatable bonds is 3. The third-order valence-corrected chi connectivity index (χ3v) is 2.60. The molecule has 4 nitrogen and oxygen atoms in total. The first-order valence-corrected chi connectivity index (χ1v) is 5.89. The minimum Gasteiger partial charge on any atom is -0.478 e. The van der Waals surface area contributed by atoms with Gasteiger partial charge in [0.25, 0.3) is 0 Å². The van der Waals surface area contributed by atoms with E-state index < -0.39 is 18.1 Å². The highest BCUT2D eigenvalue weighted by Crippen LogP contribution is 2.28. The molecule has 8 heteroatoms. The molecule has 1 aromatic carbocycles. The predicted molar refractivity (Wildman–Crippen MR) is 68.3 cm³/mol. The van der Waals surface area contributed by atoms with Crippen LogP contribution in [-0.4, -0.2) is 22.4 Å². The molecule has 2 aromatic rings. The lowest BCUT2D eigenvalue weighted by molar-refractivity contribution is -0.274. The summed E-state index contributed by atoms with van der Waals surface area (Å²) in [7, 11) is 0. The van der Waals surface area contributed by atoms with E-state index in [-0.39, 0.29) is 22.0 Å². The molecule has 0 radical (unpaired) electrons. The van der Waals surface area contributed by atoms with Crippen molar-refractivity contribution in [3.8, 4) is 17.0 Å². The Morgan fingerprint density at radius 3 is 2.57 bits per heavy atom. The molecule has 21 heavy (non-hydrogen) atoms. The minimum absolute atomic E-state index is 0.0768. The van der Waals surface area contributed by atoms with Gasteiger partial charge in [-0.15, -0.1) is 13.2 Å². The molecule has 0 amide bonds. The van der Waals surface area contributed by atoms with Gasteiger partial charge in [-0.05, 0) is 24.3 Å². The average Bonchev–Trinajstić information content (AvgIpc) is 2.36. The van der Waals surface area contributed by atoms with E-state index in [1.54, 1.807) is 0 Å². The van der Waals surface area contributed by atoms with Crippen LogP contribution in [0, 0.1) is 0 Å². The van der Waals surface area contributed by atoms with E-state index >= 15 is 0 Å². The smallest absolute Gasteiger partial charge is 0.478 e. The first-order valence-electron chi connectivity index (χ1n) is 5.52.